The summed E-state index contributed by atoms with van der Waals surface area (Å²) in [6, 6.07) is 0. The maximum absolute atomic E-state index is 9.20. The number of β-amino-alcohol motifs (C(OH)–C–C–N with tert-alkyl or cyclic N) is 1. The topological polar surface area (TPSA) is 32.3 Å². The molecule has 44 valence electrons. The Morgan fingerprint density at radius 3 is 2.75 bits per heavy atom. The monoisotopic (exact) mass is 111 g/mol. The molecule has 0 aromatic carbocycles. The highest BCUT2D eigenvalue weighted by Gasteiger charge is 2.27. The number of aliphatic hydroxyl groups is 1. The van der Waals surface area contributed by atoms with Crippen molar-refractivity contribution in [2.75, 3.05) is 13.1 Å². The molecule has 0 saturated carbocycles. The molecular formula is C6H9NO. The van der Waals surface area contributed by atoms with E-state index >= 15 is 0 Å². The first-order chi connectivity index (χ1) is 3.77. The molecule has 1 saturated heterocycles. The second kappa shape index (κ2) is 1.77. The van der Waals surface area contributed by atoms with Crippen LogP contribution in [0.5, 0.6) is 0 Å². The summed E-state index contributed by atoms with van der Waals surface area (Å²) in [7, 11) is 0. The van der Waals surface area contributed by atoms with Crippen LogP contribution in [0.1, 0.15) is 6.42 Å². The van der Waals surface area contributed by atoms with Crippen molar-refractivity contribution in [3.05, 3.63) is 0 Å². The van der Waals surface area contributed by atoms with E-state index in [0.29, 0.717) is 13.0 Å². The van der Waals surface area contributed by atoms with Gasteiger partial charge in [-0.1, -0.05) is 5.92 Å². The molecule has 1 atom stereocenters. The minimum Gasteiger partial charge on any atom is -0.376 e. The van der Waals surface area contributed by atoms with Gasteiger partial charge in [-0.2, -0.15) is 0 Å². The van der Waals surface area contributed by atoms with Crippen molar-refractivity contribution < 1.29 is 5.11 Å². The van der Waals surface area contributed by atoms with Crippen molar-refractivity contribution >= 4 is 0 Å². The molecule has 2 heteroatoms. The van der Waals surface area contributed by atoms with Crippen LogP contribution < -0.4 is 5.32 Å². The molecule has 0 aromatic heterocycles. The predicted octanol–water partition coefficient (Wildman–Crippen LogP) is -0.656. The fourth-order valence-corrected chi connectivity index (χ4v) is 0.802. The average molecular weight is 111 g/mol. The molecule has 1 aliphatic rings. The van der Waals surface area contributed by atoms with Crippen LogP contribution in [0.3, 0.4) is 0 Å². The first kappa shape index (κ1) is 5.61. The summed E-state index contributed by atoms with van der Waals surface area (Å²) in [4.78, 5) is 0. The van der Waals surface area contributed by atoms with Crippen LogP contribution in [0, 0.1) is 12.3 Å². The molecule has 0 aromatic rings. The number of hydrogen-bond acceptors (Lipinski definition) is 2. The Morgan fingerprint density at radius 2 is 2.50 bits per heavy atom. The maximum Gasteiger partial charge on any atom is 0.138 e. The Hall–Kier alpha value is -0.520. The summed E-state index contributed by atoms with van der Waals surface area (Å²) >= 11 is 0. The van der Waals surface area contributed by atoms with Crippen molar-refractivity contribution in [2.45, 2.75) is 12.0 Å². The first-order valence-electron chi connectivity index (χ1n) is 2.68. The van der Waals surface area contributed by atoms with Gasteiger partial charge in [0.15, 0.2) is 0 Å². The lowest BCUT2D eigenvalue weighted by molar-refractivity contribution is 0.124. The third kappa shape index (κ3) is 0.835. The van der Waals surface area contributed by atoms with Gasteiger partial charge in [0, 0.05) is 13.0 Å². The number of rotatable bonds is 0. The largest absolute Gasteiger partial charge is 0.376 e. The van der Waals surface area contributed by atoms with Crippen LogP contribution in [0.15, 0.2) is 0 Å². The molecule has 2 nitrogen and oxygen atoms in total. The van der Waals surface area contributed by atoms with Crippen LogP contribution in [-0.2, 0) is 0 Å². The summed E-state index contributed by atoms with van der Waals surface area (Å²) in [6.45, 7) is 1.38. The Balaban J connectivity index is 2.56. The molecule has 1 unspecified atom stereocenters. The quantitative estimate of drug-likeness (QED) is 0.407. The molecule has 1 aliphatic heterocycles. The first-order valence-corrected chi connectivity index (χ1v) is 2.68. The van der Waals surface area contributed by atoms with Crippen LogP contribution in [0.2, 0.25) is 0 Å². The summed E-state index contributed by atoms with van der Waals surface area (Å²) in [5, 5.41) is 12.2. The summed E-state index contributed by atoms with van der Waals surface area (Å²) < 4.78 is 0. The zero-order valence-electron chi connectivity index (χ0n) is 4.65. The minimum atomic E-state index is -0.847. The highest BCUT2D eigenvalue weighted by Crippen LogP contribution is 2.11. The maximum atomic E-state index is 9.20. The van der Waals surface area contributed by atoms with Gasteiger partial charge in [-0.15, -0.1) is 6.42 Å². The van der Waals surface area contributed by atoms with Gasteiger partial charge in [-0.25, -0.2) is 0 Å². The lowest BCUT2D eigenvalue weighted by Gasteiger charge is -2.10. The van der Waals surface area contributed by atoms with Gasteiger partial charge in [-0.3, -0.25) is 0 Å². The smallest absolute Gasteiger partial charge is 0.138 e. The van der Waals surface area contributed by atoms with Gasteiger partial charge in [0.1, 0.15) is 5.60 Å². The van der Waals surface area contributed by atoms with E-state index in [1.54, 1.807) is 0 Å². The van der Waals surface area contributed by atoms with E-state index in [1.807, 2.05) is 0 Å². The lowest BCUT2D eigenvalue weighted by Crippen LogP contribution is -2.28. The van der Waals surface area contributed by atoms with Crippen LogP contribution in [-0.4, -0.2) is 23.8 Å². The van der Waals surface area contributed by atoms with Crippen molar-refractivity contribution in [3.63, 3.8) is 0 Å². The van der Waals surface area contributed by atoms with E-state index in [9.17, 15) is 5.11 Å². The Labute approximate surface area is 48.9 Å². The zero-order valence-corrected chi connectivity index (χ0v) is 4.65. The Kier molecular flexibility index (Phi) is 1.24. The normalized spacial score (nSPS) is 37.0. The number of nitrogens with one attached hydrogen (secondary N) is 1. The molecule has 0 radical (unpaired) electrons. The zero-order chi connectivity index (χ0) is 6.04. The van der Waals surface area contributed by atoms with Crippen molar-refractivity contribution in [1.29, 1.82) is 0 Å². The highest BCUT2D eigenvalue weighted by molar-refractivity contribution is 5.11. The van der Waals surface area contributed by atoms with E-state index in [2.05, 4.69) is 11.2 Å². The molecule has 1 fully saturated rings. The third-order valence-corrected chi connectivity index (χ3v) is 1.40. The molecule has 0 amide bonds. The third-order valence-electron chi connectivity index (χ3n) is 1.40. The highest BCUT2D eigenvalue weighted by atomic mass is 16.3. The van der Waals surface area contributed by atoms with Gasteiger partial charge < -0.3 is 10.4 Å². The second-order valence-electron chi connectivity index (χ2n) is 2.10. The predicted molar refractivity (Wildman–Crippen MR) is 31.3 cm³/mol. The molecule has 1 rings (SSSR count). The van der Waals surface area contributed by atoms with Crippen molar-refractivity contribution in [2.24, 2.45) is 0 Å². The molecule has 8 heavy (non-hydrogen) atoms. The van der Waals surface area contributed by atoms with Gasteiger partial charge in [-0.05, 0) is 6.54 Å². The van der Waals surface area contributed by atoms with Gasteiger partial charge in [0.05, 0.1) is 0 Å². The Bertz CT molecular complexity index is 119. The molecular weight excluding hydrogens is 102 g/mol. The molecule has 0 aliphatic carbocycles. The fourth-order valence-electron chi connectivity index (χ4n) is 0.802. The average Bonchev–Trinajstić information content (AvgIpc) is 2.17. The van der Waals surface area contributed by atoms with Crippen LogP contribution in [0.4, 0.5) is 0 Å². The molecule has 1 heterocycles. The van der Waals surface area contributed by atoms with E-state index in [1.165, 1.54) is 0 Å². The SMILES string of the molecule is C#CC1(O)CCNC1. The molecule has 0 bridgehead atoms. The lowest BCUT2D eigenvalue weighted by atomic mass is 10.1. The second-order valence-corrected chi connectivity index (χ2v) is 2.10. The number of terminal acetylenes is 1. The number of hydrogen-bond donors (Lipinski definition) is 2. The molecule has 2 N–H and O–H groups in total. The van der Waals surface area contributed by atoms with Crippen LogP contribution >= 0.6 is 0 Å². The summed E-state index contributed by atoms with van der Waals surface area (Å²) in [5.74, 6) is 2.33. The standard InChI is InChI=1S/C6H9NO/c1-2-6(8)3-4-7-5-6/h1,7-8H,3-5H2. The minimum absolute atomic E-state index is 0.545. The van der Waals surface area contributed by atoms with E-state index < -0.39 is 5.60 Å². The van der Waals surface area contributed by atoms with Crippen molar-refractivity contribution in [3.8, 4) is 12.3 Å². The van der Waals surface area contributed by atoms with Crippen molar-refractivity contribution in [1.82, 2.24) is 5.32 Å². The Morgan fingerprint density at radius 1 is 1.75 bits per heavy atom. The van der Waals surface area contributed by atoms with Crippen LogP contribution in [0.25, 0.3) is 0 Å². The van der Waals surface area contributed by atoms with E-state index in [4.69, 9.17) is 6.42 Å². The van der Waals surface area contributed by atoms with Gasteiger partial charge in [0.25, 0.3) is 0 Å². The summed E-state index contributed by atoms with van der Waals surface area (Å²) in [5.41, 5.74) is -0.847. The summed E-state index contributed by atoms with van der Waals surface area (Å²) in [6.07, 6.45) is 5.71. The van der Waals surface area contributed by atoms with Gasteiger partial charge in [0.2, 0.25) is 0 Å². The van der Waals surface area contributed by atoms with E-state index in [-0.39, 0.29) is 0 Å². The van der Waals surface area contributed by atoms with Gasteiger partial charge >= 0.3 is 0 Å². The fraction of sp³-hybridized carbons (Fsp3) is 0.667. The van der Waals surface area contributed by atoms with E-state index in [0.717, 1.165) is 6.54 Å². The molecule has 0 spiro atoms.